The second-order valence-corrected chi connectivity index (χ2v) is 20.9. The quantitative estimate of drug-likeness (QED) is 0.309. The largest absolute Gasteiger partial charge is 0.543 e. The summed E-state index contributed by atoms with van der Waals surface area (Å²) in [7, 11) is -3.82. The van der Waals surface area contributed by atoms with E-state index < -0.39 is 16.6 Å². The highest BCUT2D eigenvalue weighted by Crippen LogP contribution is 2.43. The Morgan fingerprint density at radius 1 is 0.750 bits per heavy atom. The van der Waals surface area contributed by atoms with E-state index in [-0.39, 0.29) is 10.1 Å². The Morgan fingerprint density at radius 2 is 1.14 bits per heavy atom. The highest BCUT2D eigenvalue weighted by atomic mass is 28.4. The fourth-order valence-corrected chi connectivity index (χ4v) is 4.66. The van der Waals surface area contributed by atoms with Crippen LogP contribution < -0.4 is 8.85 Å². The molecule has 0 aromatic heterocycles. The lowest BCUT2D eigenvalue weighted by Gasteiger charge is -2.39. The molecule has 0 heterocycles. The van der Waals surface area contributed by atoms with Crippen LogP contribution in [0.3, 0.4) is 0 Å². The Morgan fingerprint density at radius 3 is 1.46 bits per heavy atom. The van der Waals surface area contributed by atoms with Gasteiger partial charge in [-0.1, -0.05) is 61.3 Å². The zero-order chi connectivity index (χ0) is 22.0. The standard InChI is InChI=1S/C24H46O2Si2/c1-13-14-15-16-20-21(25-27(9,10)23(3,4)5)17-19(2)18-22(20)26-28(11,12)24(6,7)8/h17-18H,13-16H2,1-12H3. The van der Waals surface area contributed by atoms with Crippen LogP contribution in [0, 0.1) is 6.92 Å². The summed E-state index contributed by atoms with van der Waals surface area (Å²) in [5.74, 6) is 2.13. The highest BCUT2D eigenvalue weighted by molar-refractivity contribution is 6.75. The highest BCUT2D eigenvalue weighted by Gasteiger charge is 2.41. The molecule has 28 heavy (non-hydrogen) atoms. The van der Waals surface area contributed by atoms with Gasteiger partial charge in [0.1, 0.15) is 11.5 Å². The van der Waals surface area contributed by atoms with Crippen LogP contribution in [0.4, 0.5) is 0 Å². The molecule has 0 aliphatic carbocycles. The van der Waals surface area contributed by atoms with Gasteiger partial charge in [-0.15, -0.1) is 0 Å². The zero-order valence-electron chi connectivity index (χ0n) is 20.8. The smallest absolute Gasteiger partial charge is 0.250 e. The lowest BCUT2D eigenvalue weighted by Crippen LogP contribution is -2.45. The number of unbranched alkanes of at least 4 members (excludes halogenated alkanes) is 2. The lowest BCUT2D eigenvalue weighted by molar-refractivity contribution is 0.462. The minimum atomic E-state index is -1.91. The predicted octanol–water partition coefficient (Wildman–Crippen LogP) is 8.50. The summed E-state index contributed by atoms with van der Waals surface area (Å²) in [5.41, 5.74) is 2.51. The average molecular weight is 423 g/mol. The molecule has 0 bridgehead atoms. The first-order valence-electron chi connectivity index (χ1n) is 11.0. The number of hydrogen-bond acceptors (Lipinski definition) is 2. The molecule has 0 saturated carbocycles. The van der Waals surface area contributed by atoms with Crippen molar-refractivity contribution < 1.29 is 8.85 Å². The van der Waals surface area contributed by atoms with E-state index >= 15 is 0 Å². The molecular formula is C24H46O2Si2. The van der Waals surface area contributed by atoms with Crippen LogP contribution in [-0.4, -0.2) is 16.6 Å². The summed E-state index contributed by atoms with van der Waals surface area (Å²) < 4.78 is 13.6. The molecule has 1 aromatic rings. The van der Waals surface area contributed by atoms with Crippen LogP contribution in [0.2, 0.25) is 36.3 Å². The minimum absolute atomic E-state index is 0.178. The van der Waals surface area contributed by atoms with Gasteiger partial charge in [0.2, 0.25) is 16.6 Å². The lowest BCUT2D eigenvalue weighted by atomic mass is 10.0. The van der Waals surface area contributed by atoms with Gasteiger partial charge < -0.3 is 8.85 Å². The van der Waals surface area contributed by atoms with Crippen LogP contribution in [0.1, 0.15) is 78.9 Å². The molecule has 0 amide bonds. The summed E-state index contributed by atoms with van der Waals surface area (Å²) in [6.07, 6.45) is 4.68. The zero-order valence-corrected chi connectivity index (χ0v) is 22.8. The van der Waals surface area contributed by atoms with Gasteiger partial charge in [-0.2, -0.15) is 0 Å². The Labute approximate surface area is 177 Å². The van der Waals surface area contributed by atoms with E-state index in [9.17, 15) is 0 Å². The van der Waals surface area contributed by atoms with E-state index in [1.54, 1.807) is 0 Å². The molecule has 1 rings (SSSR count). The molecule has 1 aromatic carbocycles. The normalized spacial score (nSPS) is 13.6. The van der Waals surface area contributed by atoms with Crippen LogP contribution in [0.15, 0.2) is 12.1 Å². The molecule has 0 radical (unpaired) electrons. The Balaban J connectivity index is 3.44. The molecule has 162 valence electrons. The van der Waals surface area contributed by atoms with Crippen molar-refractivity contribution in [2.75, 3.05) is 0 Å². The third kappa shape index (κ3) is 6.38. The monoisotopic (exact) mass is 422 g/mol. The third-order valence-electron chi connectivity index (χ3n) is 6.69. The van der Waals surface area contributed by atoms with Gasteiger partial charge in [0.25, 0.3) is 0 Å². The number of hydrogen-bond donors (Lipinski definition) is 0. The van der Waals surface area contributed by atoms with Crippen molar-refractivity contribution in [3.63, 3.8) is 0 Å². The summed E-state index contributed by atoms with van der Waals surface area (Å²) in [5, 5.41) is 0.357. The maximum atomic E-state index is 6.82. The molecule has 2 nitrogen and oxygen atoms in total. The molecule has 0 fully saturated rings. The summed E-state index contributed by atoms with van der Waals surface area (Å²) in [6, 6.07) is 4.47. The van der Waals surface area contributed by atoms with Crippen molar-refractivity contribution in [3.8, 4) is 11.5 Å². The summed E-state index contributed by atoms with van der Waals surface area (Å²) >= 11 is 0. The SMILES string of the molecule is CCCCCc1c(O[Si](C)(C)C(C)(C)C)cc(C)cc1O[Si](C)(C)C(C)(C)C. The van der Waals surface area contributed by atoms with Crippen molar-refractivity contribution in [1.82, 2.24) is 0 Å². The van der Waals surface area contributed by atoms with Crippen molar-refractivity contribution in [1.29, 1.82) is 0 Å². The first-order valence-corrected chi connectivity index (χ1v) is 16.8. The topological polar surface area (TPSA) is 18.5 Å². The van der Waals surface area contributed by atoms with Crippen molar-refractivity contribution in [2.45, 2.75) is 117 Å². The average Bonchev–Trinajstić information content (AvgIpc) is 2.46. The first kappa shape index (κ1) is 25.3. The van der Waals surface area contributed by atoms with E-state index in [1.165, 1.54) is 30.4 Å². The summed E-state index contributed by atoms with van der Waals surface area (Å²) in [6.45, 7) is 27.6. The van der Waals surface area contributed by atoms with Gasteiger partial charge in [-0.05, 0) is 73.7 Å². The van der Waals surface area contributed by atoms with Gasteiger partial charge in [0, 0.05) is 5.56 Å². The van der Waals surface area contributed by atoms with Crippen molar-refractivity contribution in [2.24, 2.45) is 0 Å². The molecule has 0 N–H and O–H groups in total. The fraction of sp³-hybridized carbons (Fsp3) is 0.750. The van der Waals surface area contributed by atoms with Gasteiger partial charge in [0.15, 0.2) is 0 Å². The van der Waals surface area contributed by atoms with Gasteiger partial charge in [-0.3, -0.25) is 0 Å². The maximum absolute atomic E-state index is 6.82. The second kappa shape index (κ2) is 8.95. The number of rotatable bonds is 8. The van der Waals surface area contributed by atoms with E-state index in [1.807, 2.05) is 0 Å². The molecule has 0 atom stereocenters. The Bertz CT molecular complexity index is 601. The molecule has 0 aliphatic rings. The predicted molar refractivity (Wildman–Crippen MR) is 130 cm³/mol. The molecule has 0 spiro atoms. The molecular weight excluding hydrogens is 376 g/mol. The number of aryl methyl sites for hydroxylation is 1. The number of benzene rings is 1. The van der Waals surface area contributed by atoms with Crippen LogP contribution in [0.25, 0.3) is 0 Å². The van der Waals surface area contributed by atoms with Crippen LogP contribution >= 0.6 is 0 Å². The minimum Gasteiger partial charge on any atom is -0.543 e. The van der Waals surface area contributed by atoms with Gasteiger partial charge >= 0.3 is 0 Å². The summed E-state index contributed by atoms with van der Waals surface area (Å²) in [4.78, 5) is 0. The van der Waals surface area contributed by atoms with E-state index in [4.69, 9.17) is 8.85 Å². The second-order valence-electron chi connectivity index (χ2n) is 11.4. The van der Waals surface area contributed by atoms with E-state index in [0.29, 0.717) is 0 Å². The molecule has 4 heteroatoms. The molecule has 0 saturated heterocycles. The first-order chi connectivity index (χ1) is 12.5. The van der Waals surface area contributed by atoms with Gasteiger partial charge in [-0.25, -0.2) is 0 Å². The molecule has 0 aliphatic heterocycles. The van der Waals surface area contributed by atoms with Crippen molar-refractivity contribution in [3.05, 3.63) is 23.3 Å². The third-order valence-corrected chi connectivity index (χ3v) is 15.4. The van der Waals surface area contributed by atoms with E-state index in [2.05, 4.69) is 93.7 Å². The van der Waals surface area contributed by atoms with E-state index in [0.717, 1.165) is 17.9 Å². The fourth-order valence-electron chi connectivity index (χ4n) is 2.59. The van der Waals surface area contributed by atoms with Gasteiger partial charge in [0.05, 0.1) is 0 Å². The van der Waals surface area contributed by atoms with Crippen LogP contribution in [-0.2, 0) is 6.42 Å². The Kier molecular flexibility index (Phi) is 8.08. The Hall–Kier alpha value is -0.746. The van der Waals surface area contributed by atoms with Crippen molar-refractivity contribution >= 4 is 16.6 Å². The maximum Gasteiger partial charge on any atom is 0.250 e. The van der Waals surface area contributed by atoms with Crippen LogP contribution in [0.5, 0.6) is 11.5 Å². The molecule has 0 unspecified atom stereocenters.